The van der Waals surface area contributed by atoms with Gasteiger partial charge in [-0.05, 0) is 60.4 Å². The number of amides is 1. The molecule has 0 bridgehead atoms. The number of alkyl halides is 1. The fourth-order valence-corrected chi connectivity index (χ4v) is 5.75. The van der Waals surface area contributed by atoms with Gasteiger partial charge in [0.15, 0.2) is 11.5 Å². The van der Waals surface area contributed by atoms with Gasteiger partial charge in [-0.1, -0.05) is 39.0 Å². The number of halogens is 1. The van der Waals surface area contributed by atoms with Crippen LogP contribution < -0.4 is 4.74 Å². The summed E-state index contributed by atoms with van der Waals surface area (Å²) in [6, 6.07) is 10.9. The molecule has 1 aromatic heterocycles. The van der Waals surface area contributed by atoms with Gasteiger partial charge in [-0.15, -0.1) is 11.6 Å². The zero-order valence-electron chi connectivity index (χ0n) is 21.0. The molecule has 5 atom stereocenters. The van der Waals surface area contributed by atoms with E-state index in [2.05, 4.69) is 25.8 Å². The smallest absolute Gasteiger partial charge is 0.290 e. The summed E-state index contributed by atoms with van der Waals surface area (Å²) in [5, 5.41) is -0.0827. The fourth-order valence-electron chi connectivity index (χ4n) is 5.45. The first-order valence-corrected chi connectivity index (χ1v) is 13.3. The zero-order chi connectivity index (χ0) is 25.4. The van der Waals surface area contributed by atoms with Gasteiger partial charge in [-0.2, -0.15) is 0 Å². The number of fused-ring (bicyclic) bond motifs is 1. The second-order valence-corrected chi connectivity index (χ2v) is 11.2. The van der Waals surface area contributed by atoms with Crippen molar-refractivity contribution >= 4 is 23.3 Å². The molecule has 6 nitrogen and oxygen atoms in total. The maximum atomic E-state index is 13.9. The average Bonchev–Trinajstić information content (AvgIpc) is 3.13. The molecule has 3 aliphatic rings. The molecule has 36 heavy (non-hydrogen) atoms. The van der Waals surface area contributed by atoms with Crippen molar-refractivity contribution in [2.75, 3.05) is 6.61 Å². The van der Waals surface area contributed by atoms with E-state index in [4.69, 9.17) is 21.1 Å². The Morgan fingerprint density at radius 2 is 2.03 bits per heavy atom. The van der Waals surface area contributed by atoms with Crippen molar-refractivity contribution in [1.82, 2.24) is 9.88 Å². The van der Waals surface area contributed by atoms with Crippen LogP contribution in [0.3, 0.4) is 0 Å². The Hall–Kier alpha value is -2.86. The Morgan fingerprint density at radius 1 is 1.19 bits per heavy atom. The van der Waals surface area contributed by atoms with Crippen LogP contribution in [-0.4, -0.2) is 39.7 Å². The molecule has 0 saturated heterocycles. The van der Waals surface area contributed by atoms with Gasteiger partial charge in [-0.25, -0.2) is 0 Å². The molecule has 190 valence electrons. The largest absolute Gasteiger partial charge is 0.494 e. The number of pyridine rings is 1. The van der Waals surface area contributed by atoms with E-state index in [1.165, 1.54) is 0 Å². The number of hydrogen-bond donors (Lipinski definition) is 0. The lowest BCUT2D eigenvalue weighted by Gasteiger charge is -2.40. The highest BCUT2D eigenvalue weighted by Crippen LogP contribution is 2.49. The van der Waals surface area contributed by atoms with Crippen LogP contribution in [0.15, 0.2) is 60.1 Å². The standard InChI is InChI=1S/C29H33ClN2O4/c1-17(2)9-11-35-21-8-4-7-20(13-21)26-25-27(33)22-14-23(30)18(3)12-24(22)36-28(25)29(34)32(26)16-19-6-5-10-31-15-19/h4-8,10,13,15,17-18,22-24,26H,9,11-12,14,16H2,1-3H3. The van der Waals surface area contributed by atoms with Gasteiger partial charge in [0.2, 0.25) is 0 Å². The number of carbonyl (C=O) groups excluding carboxylic acids is 2. The molecule has 2 aliphatic heterocycles. The first-order chi connectivity index (χ1) is 17.3. The maximum absolute atomic E-state index is 13.9. The molecule has 0 N–H and O–H groups in total. The lowest BCUT2D eigenvalue weighted by molar-refractivity contribution is -0.136. The summed E-state index contributed by atoms with van der Waals surface area (Å²) in [5.74, 6) is 1.08. The molecule has 5 rings (SSSR count). The predicted molar refractivity (Wildman–Crippen MR) is 137 cm³/mol. The Morgan fingerprint density at radius 3 is 2.78 bits per heavy atom. The summed E-state index contributed by atoms with van der Waals surface area (Å²) < 4.78 is 12.3. The number of nitrogens with zero attached hydrogens (tertiary/aromatic N) is 2. The van der Waals surface area contributed by atoms with Crippen LogP contribution in [-0.2, 0) is 20.9 Å². The van der Waals surface area contributed by atoms with E-state index >= 15 is 0 Å². The first kappa shape index (κ1) is 24.8. The monoisotopic (exact) mass is 508 g/mol. The van der Waals surface area contributed by atoms with Crippen LogP contribution >= 0.6 is 11.6 Å². The van der Waals surface area contributed by atoms with E-state index < -0.39 is 6.04 Å². The molecular weight excluding hydrogens is 476 g/mol. The van der Waals surface area contributed by atoms with Crippen LogP contribution in [0.5, 0.6) is 5.75 Å². The predicted octanol–water partition coefficient (Wildman–Crippen LogP) is 5.47. The lowest BCUT2D eigenvalue weighted by atomic mass is 9.74. The highest BCUT2D eigenvalue weighted by atomic mass is 35.5. The fraction of sp³-hybridized carbons (Fsp3) is 0.483. The van der Waals surface area contributed by atoms with E-state index in [0.29, 0.717) is 37.5 Å². The molecule has 1 fully saturated rings. The Labute approximate surface area is 217 Å². The quantitative estimate of drug-likeness (QED) is 0.464. The highest BCUT2D eigenvalue weighted by Gasteiger charge is 2.53. The van der Waals surface area contributed by atoms with Crippen molar-refractivity contribution in [2.45, 2.75) is 64.1 Å². The normalized spacial score (nSPS) is 27.7. The molecule has 1 saturated carbocycles. The average molecular weight is 509 g/mol. The molecule has 1 aliphatic carbocycles. The highest BCUT2D eigenvalue weighted by molar-refractivity contribution is 6.21. The van der Waals surface area contributed by atoms with Crippen molar-refractivity contribution in [1.29, 1.82) is 0 Å². The number of ether oxygens (including phenoxy) is 2. The number of benzene rings is 1. The Bertz CT molecular complexity index is 1160. The topological polar surface area (TPSA) is 68.7 Å². The molecule has 1 amide bonds. The summed E-state index contributed by atoms with van der Waals surface area (Å²) >= 11 is 6.58. The molecule has 2 aromatic rings. The number of Topliss-reactive ketones (excluding diaryl/α,β-unsaturated/α-hetero) is 1. The van der Waals surface area contributed by atoms with Crippen LogP contribution in [0.2, 0.25) is 0 Å². The first-order valence-electron chi connectivity index (χ1n) is 12.8. The maximum Gasteiger partial charge on any atom is 0.290 e. The van der Waals surface area contributed by atoms with Crippen molar-refractivity contribution in [3.8, 4) is 5.75 Å². The Balaban J connectivity index is 1.52. The van der Waals surface area contributed by atoms with Gasteiger partial charge >= 0.3 is 0 Å². The minimum Gasteiger partial charge on any atom is -0.494 e. The summed E-state index contributed by atoms with van der Waals surface area (Å²) in [5.41, 5.74) is 2.17. The van der Waals surface area contributed by atoms with Gasteiger partial charge in [0.25, 0.3) is 5.91 Å². The van der Waals surface area contributed by atoms with Gasteiger partial charge in [-0.3, -0.25) is 14.6 Å². The van der Waals surface area contributed by atoms with Crippen LogP contribution in [0.1, 0.15) is 57.2 Å². The van der Waals surface area contributed by atoms with E-state index in [-0.39, 0.29) is 40.8 Å². The van der Waals surface area contributed by atoms with Crippen molar-refractivity contribution in [2.24, 2.45) is 17.8 Å². The second kappa shape index (κ2) is 10.3. The van der Waals surface area contributed by atoms with Gasteiger partial charge in [0, 0.05) is 24.3 Å². The number of rotatable bonds is 7. The molecule has 3 heterocycles. The van der Waals surface area contributed by atoms with Crippen molar-refractivity contribution in [3.05, 3.63) is 71.3 Å². The van der Waals surface area contributed by atoms with Crippen molar-refractivity contribution < 1.29 is 19.1 Å². The molecule has 0 radical (unpaired) electrons. The number of ketones is 1. The lowest BCUT2D eigenvalue weighted by Crippen LogP contribution is -2.44. The van der Waals surface area contributed by atoms with E-state index in [1.807, 2.05) is 36.4 Å². The van der Waals surface area contributed by atoms with Crippen LogP contribution in [0.4, 0.5) is 0 Å². The van der Waals surface area contributed by atoms with E-state index in [0.717, 1.165) is 23.3 Å². The molecule has 0 spiro atoms. The number of aromatic nitrogens is 1. The third-order valence-corrected chi connectivity index (χ3v) is 8.13. The summed E-state index contributed by atoms with van der Waals surface area (Å²) in [6.45, 7) is 7.33. The molecule has 1 aromatic carbocycles. The molecule has 7 heteroatoms. The van der Waals surface area contributed by atoms with Gasteiger partial charge < -0.3 is 14.4 Å². The summed E-state index contributed by atoms with van der Waals surface area (Å²) in [7, 11) is 0. The SMILES string of the molecule is CC(C)CCOc1cccc(C2C3=C(OC4CC(C)C(Cl)CC4C3=O)C(=O)N2Cc2cccnc2)c1. The van der Waals surface area contributed by atoms with Crippen molar-refractivity contribution in [3.63, 3.8) is 0 Å². The number of hydrogen-bond acceptors (Lipinski definition) is 5. The van der Waals surface area contributed by atoms with Crippen LogP contribution in [0, 0.1) is 17.8 Å². The zero-order valence-corrected chi connectivity index (χ0v) is 21.8. The Kier molecular flexibility index (Phi) is 7.07. The van der Waals surface area contributed by atoms with Crippen LogP contribution in [0.25, 0.3) is 0 Å². The third-order valence-electron chi connectivity index (χ3n) is 7.52. The third kappa shape index (κ3) is 4.75. The molecular formula is C29H33ClN2O4. The second-order valence-electron chi connectivity index (χ2n) is 10.6. The van der Waals surface area contributed by atoms with Gasteiger partial charge in [0.05, 0.1) is 24.1 Å². The minimum atomic E-state index is -0.553. The number of carbonyl (C=O) groups is 2. The van der Waals surface area contributed by atoms with E-state index in [1.54, 1.807) is 17.3 Å². The summed E-state index contributed by atoms with van der Waals surface area (Å²) in [6.07, 6.45) is 5.31. The van der Waals surface area contributed by atoms with Gasteiger partial charge in [0.1, 0.15) is 11.9 Å². The summed E-state index contributed by atoms with van der Waals surface area (Å²) in [4.78, 5) is 33.6. The van der Waals surface area contributed by atoms with E-state index in [9.17, 15) is 9.59 Å². The minimum absolute atomic E-state index is 0.0167. The molecule has 5 unspecified atom stereocenters.